The van der Waals surface area contributed by atoms with Gasteiger partial charge < -0.3 is 10.2 Å². The van der Waals surface area contributed by atoms with Gasteiger partial charge in [0.2, 0.25) is 5.91 Å². The summed E-state index contributed by atoms with van der Waals surface area (Å²) in [4.78, 5) is 15.4. The standard InChI is InChI=1S/C27H29Cl2N3O3S/c1-20-7-6-16-31(18-20)22-14-12-21(13-15-22)17-30-26(33)19-32(25-11-5-10-24(28)27(25)29)36(34,35)23-8-3-2-4-9-23/h2-5,8-15,20H,6-7,16-19H2,1H3,(H,30,33). The topological polar surface area (TPSA) is 69.7 Å². The highest BCUT2D eigenvalue weighted by atomic mass is 35.5. The van der Waals surface area contributed by atoms with Crippen LogP contribution in [0.5, 0.6) is 0 Å². The molecule has 3 aromatic rings. The van der Waals surface area contributed by atoms with E-state index in [1.54, 1.807) is 30.3 Å². The Morgan fingerprint density at radius 1 is 1.03 bits per heavy atom. The number of rotatable bonds is 8. The van der Waals surface area contributed by atoms with Gasteiger partial charge in [0.05, 0.1) is 20.6 Å². The molecular formula is C27H29Cl2N3O3S. The third kappa shape index (κ3) is 6.14. The number of hydrogen-bond acceptors (Lipinski definition) is 4. The Balaban J connectivity index is 1.48. The molecule has 9 heteroatoms. The molecule has 1 saturated heterocycles. The monoisotopic (exact) mass is 545 g/mol. The highest BCUT2D eigenvalue weighted by Gasteiger charge is 2.29. The average molecular weight is 547 g/mol. The Morgan fingerprint density at radius 3 is 2.44 bits per heavy atom. The van der Waals surface area contributed by atoms with Crippen LogP contribution in [0.3, 0.4) is 0 Å². The van der Waals surface area contributed by atoms with E-state index in [0.29, 0.717) is 5.92 Å². The molecule has 4 rings (SSSR count). The fourth-order valence-electron chi connectivity index (χ4n) is 4.34. The van der Waals surface area contributed by atoms with Gasteiger partial charge in [0.1, 0.15) is 6.54 Å². The molecule has 6 nitrogen and oxygen atoms in total. The first kappa shape index (κ1) is 26.3. The molecule has 36 heavy (non-hydrogen) atoms. The van der Waals surface area contributed by atoms with Gasteiger partial charge in [-0.05, 0) is 60.7 Å². The van der Waals surface area contributed by atoms with Crippen LogP contribution < -0.4 is 14.5 Å². The maximum absolute atomic E-state index is 13.5. The molecule has 0 saturated carbocycles. The molecule has 0 aromatic heterocycles. The van der Waals surface area contributed by atoms with E-state index in [0.717, 1.165) is 23.0 Å². The number of hydrogen-bond donors (Lipinski definition) is 1. The first-order valence-electron chi connectivity index (χ1n) is 11.9. The molecule has 1 aliphatic heterocycles. The maximum Gasteiger partial charge on any atom is 0.264 e. The lowest BCUT2D eigenvalue weighted by Crippen LogP contribution is -2.40. The molecule has 0 radical (unpaired) electrons. The van der Waals surface area contributed by atoms with Crippen molar-refractivity contribution in [2.45, 2.75) is 31.2 Å². The van der Waals surface area contributed by atoms with Crippen LogP contribution in [0.1, 0.15) is 25.3 Å². The van der Waals surface area contributed by atoms with Crippen molar-refractivity contribution in [3.8, 4) is 0 Å². The van der Waals surface area contributed by atoms with Crippen molar-refractivity contribution >= 4 is 50.5 Å². The van der Waals surface area contributed by atoms with Gasteiger partial charge in [-0.3, -0.25) is 9.10 Å². The maximum atomic E-state index is 13.5. The van der Waals surface area contributed by atoms with Crippen molar-refractivity contribution < 1.29 is 13.2 Å². The number of anilines is 2. The minimum atomic E-state index is -4.07. The first-order chi connectivity index (χ1) is 17.3. The van der Waals surface area contributed by atoms with Crippen LogP contribution in [0.2, 0.25) is 10.0 Å². The van der Waals surface area contributed by atoms with Gasteiger partial charge in [-0.2, -0.15) is 0 Å². The van der Waals surface area contributed by atoms with E-state index in [1.165, 1.54) is 36.7 Å². The van der Waals surface area contributed by atoms with E-state index in [-0.39, 0.29) is 27.2 Å². The minimum Gasteiger partial charge on any atom is -0.371 e. The SMILES string of the molecule is CC1CCCN(c2ccc(CNC(=O)CN(c3cccc(Cl)c3Cl)S(=O)(=O)c3ccccc3)cc2)C1. The molecule has 0 spiro atoms. The van der Waals surface area contributed by atoms with Crippen molar-refractivity contribution in [1.29, 1.82) is 0 Å². The Labute approximate surface area is 222 Å². The number of carbonyl (C=O) groups excluding carboxylic acids is 1. The zero-order chi connectivity index (χ0) is 25.7. The van der Waals surface area contributed by atoms with Gasteiger partial charge in [-0.15, -0.1) is 0 Å². The lowest BCUT2D eigenvalue weighted by molar-refractivity contribution is -0.119. The van der Waals surface area contributed by atoms with Crippen molar-refractivity contribution in [3.63, 3.8) is 0 Å². The fraction of sp³-hybridized carbons (Fsp3) is 0.296. The van der Waals surface area contributed by atoms with Gasteiger partial charge in [0.25, 0.3) is 10.0 Å². The summed E-state index contributed by atoms with van der Waals surface area (Å²) in [6, 6.07) is 20.7. The number of sulfonamides is 1. The number of amides is 1. The van der Waals surface area contributed by atoms with E-state index >= 15 is 0 Å². The number of halogens is 2. The molecule has 0 bridgehead atoms. The molecule has 1 N–H and O–H groups in total. The van der Waals surface area contributed by atoms with Crippen LogP contribution in [0, 0.1) is 5.92 Å². The Morgan fingerprint density at radius 2 is 1.75 bits per heavy atom. The summed E-state index contributed by atoms with van der Waals surface area (Å²) in [6.45, 7) is 4.21. The van der Waals surface area contributed by atoms with E-state index in [4.69, 9.17) is 23.2 Å². The van der Waals surface area contributed by atoms with Crippen molar-refractivity contribution in [2.75, 3.05) is 28.8 Å². The highest BCUT2D eigenvalue weighted by molar-refractivity contribution is 7.92. The average Bonchev–Trinajstić information content (AvgIpc) is 2.88. The number of carbonyl (C=O) groups is 1. The molecule has 1 amide bonds. The molecule has 1 fully saturated rings. The van der Waals surface area contributed by atoms with E-state index in [2.05, 4.69) is 29.3 Å². The van der Waals surface area contributed by atoms with Gasteiger partial charge in [-0.1, -0.05) is 66.5 Å². The summed E-state index contributed by atoms with van der Waals surface area (Å²) in [7, 11) is -4.07. The third-order valence-electron chi connectivity index (χ3n) is 6.27. The quantitative estimate of drug-likeness (QED) is 0.391. The minimum absolute atomic E-state index is 0.0523. The molecular weight excluding hydrogens is 517 g/mol. The summed E-state index contributed by atoms with van der Waals surface area (Å²) in [5.41, 5.74) is 2.24. The van der Waals surface area contributed by atoms with Gasteiger partial charge in [-0.25, -0.2) is 8.42 Å². The summed E-state index contributed by atoms with van der Waals surface area (Å²) in [5.74, 6) is 0.223. The Bertz CT molecular complexity index is 1300. The predicted molar refractivity (Wildman–Crippen MR) is 146 cm³/mol. The zero-order valence-electron chi connectivity index (χ0n) is 20.0. The lowest BCUT2D eigenvalue weighted by atomic mass is 9.99. The van der Waals surface area contributed by atoms with Gasteiger partial charge >= 0.3 is 0 Å². The first-order valence-corrected chi connectivity index (χ1v) is 14.1. The second-order valence-corrected chi connectivity index (χ2v) is 11.7. The number of benzene rings is 3. The number of nitrogens with one attached hydrogen (secondary N) is 1. The second kappa shape index (κ2) is 11.5. The number of nitrogens with zero attached hydrogens (tertiary/aromatic N) is 2. The Kier molecular flexibility index (Phi) is 8.44. The lowest BCUT2D eigenvalue weighted by Gasteiger charge is -2.32. The van der Waals surface area contributed by atoms with Crippen molar-refractivity contribution in [3.05, 3.63) is 88.4 Å². The van der Waals surface area contributed by atoms with Crippen LogP contribution in [0.15, 0.2) is 77.7 Å². The van der Waals surface area contributed by atoms with Crippen LogP contribution in [0.4, 0.5) is 11.4 Å². The molecule has 0 aliphatic carbocycles. The van der Waals surface area contributed by atoms with Gasteiger partial charge in [0, 0.05) is 25.3 Å². The molecule has 1 unspecified atom stereocenters. The second-order valence-electron chi connectivity index (χ2n) is 9.03. The van der Waals surface area contributed by atoms with Crippen LogP contribution in [0.25, 0.3) is 0 Å². The molecule has 1 heterocycles. The van der Waals surface area contributed by atoms with E-state index in [1.807, 2.05) is 12.1 Å². The zero-order valence-corrected chi connectivity index (χ0v) is 22.4. The third-order valence-corrected chi connectivity index (χ3v) is 8.85. The Hall–Kier alpha value is -2.74. The smallest absolute Gasteiger partial charge is 0.264 e. The summed E-state index contributed by atoms with van der Waals surface area (Å²) >= 11 is 12.5. The molecule has 1 atom stereocenters. The van der Waals surface area contributed by atoms with Crippen LogP contribution in [-0.4, -0.2) is 34.0 Å². The summed E-state index contributed by atoms with van der Waals surface area (Å²) < 4.78 is 27.9. The van der Waals surface area contributed by atoms with E-state index < -0.39 is 22.5 Å². The molecule has 3 aromatic carbocycles. The summed E-state index contributed by atoms with van der Waals surface area (Å²) in [6.07, 6.45) is 2.45. The largest absolute Gasteiger partial charge is 0.371 e. The fourth-order valence-corrected chi connectivity index (χ4v) is 6.24. The summed E-state index contributed by atoms with van der Waals surface area (Å²) in [5, 5.41) is 3.09. The number of piperidine rings is 1. The normalized spacial score (nSPS) is 16.0. The van der Waals surface area contributed by atoms with Gasteiger partial charge in [0.15, 0.2) is 0 Å². The van der Waals surface area contributed by atoms with E-state index in [9.17, 15) is 13.2 Å². The molecule has 190 valence electrons. The highest BCUT2D eigenvalue weighted by Crippen LogP contribution is 2.35. The van der Waals surface area contributed by atoms with Crippen molar-refractivity contribution in [1.82, 2.24) is 5.32 Å². The predicted octanol–water partition coefficient (Wildman–Crippen LogP) is 5.74. The van der Waals surface area contributed by atoms with Crippen molar-refractivity contribution in [2.24, 2.45) is 5.92 Å². The molecule has 1 aliphatic rings. The van der Waals surface area contributed by atoms with Crippen LogP contribution in [-0.2, 0) is 21.4 Å². The van der Waals surface area contributed by atoms with Crippen LogP contribution >= 0.6 is 23.2 Å².